The molecular weight excluding hydrogens is 740 g/mol. The van der Waals surface area contributed by atoms with E-state index in [1.807, 2.05) is 12.1 Å². The SMILES string of the molecule is CCCCCCN(CCCN[C@@H](CCc1ccc(CCCCNC(=N)NC(=O)c2nc(Cl)c(N)nc2N)c2ccccc12)C(N)=O)C[C@H](O)C[C@H](O)[C@H](O)CO. The smallest absolute Gasteiger partial charge is 0.280 e. The Hall–Kier alpha value is -4.16. The van der Waals surface area contributed by atoms with E-state index in [0.717, 1.165) is 74.2 Å². The van der Waals surface area contributed by atoms with E-state index in [1.165, 1.54) is 5.56 Å². The van der Waals surface area contributed by atoms with Crippen LogP contribution in [0.5, 0.6) is 0 Å². The molecule has 17 heteroatoms. The van der Waals surface area contributed by atoms with Gasteiger partial charge in [-0.2, -0.15) is 0 Å². The first-order valence-electron chi connectivity index (χ1n) is 19.5. The number of nitrogens with one attached hydrogen (secondary N) is 4. The first-order chi connectivity index (χ1) is 26.8. The van der Waals surface area contributed by atoms with Gasteiger partial charge in [0.25, 0.3) is 5.91 Å². The van der Waals surface area contributed by atoms with Crippen molar-refractivity contribution in [1.82, 2.24) is 30.8 Å². The molecule has 0 fully saturated rings. The highest BCUT2D eigenvalue weighted by molar-refractivity contribution is 6.31. The summed E-state index contributed by atoms with van der Waals surface area (Å²) in [5, 5.41) is 58.2. The molecule has 4 atom stereocenters. The molecule has 3 rings (SSSR count). The van der Waals surface area contributed by atoms with E-state index >= 15 is 0 Å². The van der Waals surface area contributed by atoms with Crippen molar-refractivity contribution in [3.63, 3.8) is 0 Å². The number of aryl methyl sites for hydroxylation is 2. The summed E-state index contributed by atoms with van der Waals surface area (Å²) in [6, 6.07) is 11.9. The number of hydrogen-bond acceptors (Lipinski definition) is 13. The minimum absolute atomic E-state index is 0.0333. The van der Waals surface area contributed by atoms with E-state index in [2.05, 4.69) is 62.0 Å². The van der Waals surface area contributed by atoms with E-state index in [4.69, 9.17) is 39.3 Å². The molecule has 3 aromatic rings. The molecule has 56 heavy (non-hydrogen) atoms. The molecule has 16 nitrogen and oxygen atoms in total. The minimum Gasteiger partial charge on any atom is -0.394 e. The lowest BCUT2D eigenvalue weighted by atomic mass is 9.93. The number of unbranched alkanes of at least 4 members (excludes halogenated alkanes) is 4. The fraction of sp³-hybridized carbons (Fsp3) is 0.564. The average molecular weight is 801 g/mol. The van der Waals surface area contributed by atoms with Crippen molar-refractivity contribution in [2.24, 2.45) is 5.73 Å². The molecule has 0 aliphatic carbocycles. The van der Waals surface area contributed by atoms with Gasteiger partial charge >= 0.3 is 0 Å². The predicted octanol–water partition coefficient (Wildman–Crippen LogP) is 1.84. The minimum atomic E-state index is -1.29. The molecule has 2 amide bonds. The number of hydrogen-bond donors (Lipinski definition) is 11. The molecule has 1 aromatic heterocycles. The zero-order chi connectivity index (χ0) is 41.0. The summed E-state index contributed by atoms with van der Waals surface area (Å²) in [6.45, 7) is 4.39. The van der Waals surface area contributed by atoms with E-state index in [0.29, 0.717) is 39.0 Å². The first-order valence-corrected chi connectivity index (χ1v) is 19.8. The van der Waals surface area contributed by atoms with Crippen LogP contribution in [0, 0.1) is 5.41 Å². The van der Waals surface area contributed by atoms with E-state index in [1.54, 1.807) is 0 Å². The number of primary amides is 1. The summed E-state index contributed by atoms with van der Waals surface area (Å²) in [4.78, 5) is 34.7. The number of aromatic nitrogens is 2. The Labute approximate surface area is 334 Å². The standard InChI is InChI=1S/C39H61ClN10O6/c1-2-3-4-9-20-50(23-27(52)22-31(53)32(54)24-51)21-10-19-45-30(37(43)55)17-16-26-15-14-25(28-12-5-6-13-29(26)28)11-7-8-18-46-39(44)49-38(56)33-35(41)48-36(42)34(40)47-33/h5-6,12-15,27,30-32,45,51-54H,2-4,7-11,16-24H2,1H3,(H2,43,55)(H4,41,42,48)(H3,44,46,49,56)/t27-,30+,31+,32-/m1/s1. The normalized spacial score (nSPS) is 13.7. The van der Waals surface area contributed by atoms with Gasteiger partial charge in [-0.15, -0.1) is 0 Å². The lowest BCUT2D eigenvalue weighted by molar-refractivity contribution is -0.120. The highest BCUT2D eigenvalue weighted by Crippen LogP contribution is 2.26. The van der Waals surface area contributed by atoms with Gasteiger partial charge in [-0.25, -0.2) is 9.97 Å². The fourth-order valence-corrected chi connectivity index (χ4v) is 6.68. The molecule has 0 saturated carbocycles. The number of halogens is 1. The van der Waals surface area contributed by atoms with Crippen LogP contribution >= 0.6 is 11.6 Å². The van der Waals surface area contributed by atoms with Crippen LogP contribution < -0.4 is 33.2 Å². The third kappa shape index (κ3) is 15.4. The van der Waals surface area contributed by atoms with Crippen molar-refractivity contribution in [3.05, 3.63) is 58.4 Å². The monoisotopic (exact) mass is 800 g/mol. The van der Waals surface area contributed by atoms with Gasteiger partial charge in [0, 0.05) is 19.5 Å². The number of benzene rings is 2. The quantitative estimate of drug-likeness (QED) is 0.0315. The number of carbonyl (C=O) groups is 2. The van der Waals surface area contributed by atoms with Gasteiger partial charge < -0.3 is 53.2 Å². The van der Waals surface area contributed by atoms with Crippen LogP contribution in [0.1, 0.15) is 86.3 Å². The maximum Gasteiger partial charge on any atom is 0.280 e. The topological polar surface area (TPSA) is 282 Å². The highest BCUT2D eigenvalue weighted by Gasteiger charge is 2.22. The number of aliphatic hydroxyl groups excluding tert-OH is 4. The number of amides is 2. The number of carbonyl (C=O) groups excluding carboxylic acids is 2. The Morgan fingerprint density at radius 2 is 1.55 bits per heavy atom. The number of rotatable bonds is 26. The number of nitrogens with two attached hydrogens (primary N) is 3. The van der Waals surface area contributed by atoms with Crippen molar-refractivity contribution in [3.8, 4) is 0 Å². The van der Waals surface area contributed by atoms with Crippen LogP contribution in [-0.4, -0.2) is 117 Å². The molecule has 0 radical (unpaired) electrons. The van der Waals surface area contributed by atoms with Crippen LogP contribution in [0.4, 0.5) is 11.6 Å². The van der Waals surface area contributed by atoms with E-state index in [-0.39, 0.29) is 34.9 Å². The molecule has 0 saturated heterocycles. The predicted molar refractivity (Wildman–Crippen MR) is 220 cm³/mol. The van der Waals surface area contributed by atoms with Gasteiger partial charge in [0.15, 0.2) is 28.4 Å². The molecule has 2 aromatic carbocycles. The van der Waals surface area contributed by atoms with Gasteiger partial charge in [0.2, 0.25) is 5.91 Å². The summed E-state index contributed by atoms with van der Waals surface area (Å²) < 4.78 is 0. The Balaban J connectivity index is 1.48. The lowest BCUT2D eigenvalue weighted by Crippen LogP contribution is -2.43. The molecule has 0 aliphatic heterocycles. The third-order valence-corrected chi connectivity index (χ3v) is 9.95. The molecule has 0 spiro atoms. The Kier molecular flexibility index (Phi) is 20.2. The molecule has 0 bridgehead atoms. The maximum atomic E-state index is 12.5. The van der Waals surface area contributed by atoms with Crippen LogP contribution in [0.15, 0.2) is 36.4 Å². The molecule has 0 aliphatic rings. The van der Waals surface area contributed by atoms with Crippen LogP contribution in [-0.2, 0) is 17.6 Å². The fourth-order valence-electron chi connectivity index (χ4n) is 6.55. The molecule has 0 unspecified atom stereocenters. The Morgan fingerprint density at radius 1 is 0.875 bits per heavy atom. The van der Waals surface area contributed by atoms with Crippen molar-refractivity contribution >= 4 is 51.8 Å². The number of nitrogens with zero attached hydrogens (tertiary/aromatic N) is 3. The van der Waals surface area contributed by atoms with Gasteiger partial charge in [-0.3, -0.25) is 20.3 Å². The largest absolute Gasteiger partial charge is 0.394 e. The van der Waals surface area contributed by atoms with E-state index < -0.39 is 42.8 Å². The van der Waals surface area contributed by atoms with Gasteiger partial charge in [0.05, 0.1) is 24.9 Å². The number of fused-ring (bicyclic) bond motifs is 1. The van der Waals surface area contributed by atoms with Crippen LogP contribution in [0.3, 0.4) is 0 Å². The van der Waals surface area contributed by atoms with Gasteiger partial charge in [-0.1, -0.05) is 74.2 Å². The Bertz CT molecular complexity index is 1700. The molecular formula is C39H61ClN10O6. The summed E-state index contributed by atoms with van der Waals surface area (Å²) in [5.41, 5.74) is 19.2. The first kappa shape index (κ1) is 46.2. The van der Waals surface area contributed by atoms with Crippen molar-refractivity contribution in [2.75, 3.05) is 50.8 Å². The number of nitrogen functional groups attached to an aromatic ring is 2. The van der Waals surface area contributed by atoms with E-state index in [9.17, 15) is 24.9 Å². The zero-order valence-electron chi connectivity index (χ0n) is 32.4. The summed E-state index contributed by atoms with van der Waals surface area (Å²) in [6.07, 6.45) is 5.20. The Morgan fingerprint density at radius 3 is 2.21 bits per heavy atom. The van der Waals surface area contributed by atoms with Crippen LogP contribution in [0.25, 0.3) is 10.8 Å². The zero-order valence-corrected chi connectivity index (χ0v) is 33.1. The van der Waals surface area contributed by atoms with Gasteiger partial charge in [-0.05, 0) is 86.5 Å². The second kappa shape index (κ2) is 24.5. The lowest BCUT2D eigenvalue weighted by Gasteiger charge is -2.27. The molecule has 310 valence electrons. The second-order valence-electron chi connectivity index (χ2n) is 14.1. The molecule has 1 heterocycles. The average Bonchev–Trinajstić information content (AvgIpc) is 3.16. The van der Waals surface area contributed by atoms with Crippen molar-refractivity contribution < 1.29 is 30.0 Å². The highest BCUT2D eigenvalue weighted by atomic mass is 35.5. The van der Waals surface area contributed by atoms with Gasteiger partial charge in [0.1, 0.15) is 6.10 Å². The van der Waals surface area contributed by atoms with Crippen LogP contribution in [0.2, 0.25) is 5.15 Å². The summed E-state index contributed by atoms with van der Waals surface area (Å²) in [5.74, 6) is -1.61. The van der Waals surface area contributed by atoms with Crippen molar-refractivity contribution in [2.45, 2.75) is 102 Å². The molecule has 14 N–H and O–H groups in total. The maximum absolute atomic E-state index is 12.5. The number of aliphatic hydroxyl groups is 4. The second-order valence-corrected chi connectivity index (χ2v) is 14.5. The number of guanidine groups is 1. The van der Waals surface area contributed by atoms with Crippen molar-refractivity contribution in [1.29, 1.82) is 5.41 Å². The summed E-state index contributed by atoms with van der Waals surface area (Å²) >= 11 is 5.85. The summed E-state index contributed by atoms with van der Waals surface area (Å²) in [7, 11) is 0. The third-order valence-electron chi connectivity index (χ3n) is 9.67. The number of anilines is 2.